The second-order valence-corrected chi connectivity index (χ2v) is 17.8. The molecule has 1 saturated heterocycles. The van der Waals surface area contributed by atoms with Gasteiger partial charge in [-0.05, 0) is 70.7 Å². The Morgan fingerprint density at radius 3 is 2.19 bits per heavy atom. The largest absolute Gasteiger partial charge is 0.462 e. The third-order valence-electron chi connectivity index (χ3n) is 11.7. The van der Waals surface area contributed by atoms with E-state index in [1.54, 1.807) is 30.2 Å². The molecule has 6 aliphatic rings. The first-order chi connectivity index (χ1) is 25.9. The number of nitrogens with one attached hydrogen (secondary N) is 1. The minimum Gasteiger partial charge on any atom is -0.462 e. The van der Waals surface area contributed by atoms with Gasteiger partial charge in [0.1, 0.15) is 15.7 Å². The van der Waals surface area contributed by atoms with Crippen molar-refractivity contribution in [3.05, 3.63) is 42.6 Å². The van der Waals surface area contributed by atoms with Crippen LogP contribution in [0, 0.1) is 11.8 Å². The number of esters is 1. The number of ether oxygens (including phenoxy) is 1. The molecule has 3 N–H and O–H groups in total. The average Bonchev–Trinajstić information content (AvgIpc) is 3.90. The number of hydrogen-bond donors (Lipinski definition) is 2. The molecule has 3 aromatic rings. The number of fused-ring (bicyclic) bond motifs is 8. The van der Waals surface area contributed by atoms with Crippen LogP contribution in [0.4, 0.5) is 5.00 Å². The van der Waals surface area contributed by atoms with Gasteiger partial charge in [0, 0.05) is 56.1 Å². The maximum atomic E-state index is 13.5. The Morgan fingerprint density at radius 1 is 0.833 bits per heavy atom. The third-order valence-corrected chi connectivity index (χ3v) is 13.9. The number of likely N-dealkylation sites (N-methyl/N-ethyl adjacent to an activating group) is 3. The number of rotatable bonds is 2. The van der Waals surface area contributed by atoms with E-state index in [1.165, 1.54) is 31.6 Å². The van der Waals surface area contributed by atoms with E-state index in [-0.39, 0.29) is 59.7 Å². The predicted octanol–water partition coefficient (Wildman–Crippen LogP) is 3.00. The summed E-state index contributed by atoms with van der Waals surface area (Å²) in [5.74, 6) is 0.725. The standard InChI is InChI=1S/C18H22N4O2S.C11H16N2O2S.C9H14N2O2/c1-20-7-6-11-13(8-20)25-16-15(11)18(24)22-12-5-3-4-10(12)17(23)21(2)9-14(22)19-16;1-3-15-11(14)9-7-4-5-13(2)6-8(7)16-10(9)12;1-11-5-8(12)10-7-4-2-3-6(7)9(11)13/h10,12H,3-9H2,1-2H3;3-6,12H2,1-2H3;6-7H,2-5H2,1H3,(H,10,12)/t10-,12-;;6-,7-/m1.1/s1. The summed E-state index contributed by atoms with van der Waals surface area (Å²) < 4.78 is 6.92. The first-order valence-corrected chi connectivity index (χ1v) is 20.8. The van der Waals surface area contributed by atoms with E-state index >= 15 is 0 Å². The third kappa shape index (κ3) is 7.29. The SMILES string of the molecule is CCOC(=O)c1c(N)sc2c1CCN(C)C2.CN1CC(=O)N[C@@H]2CCC[C@H]2C1=O.CN1CCc2c(sc3nc4n(c(=O)c23)[C@@H]2CCC[C@H]2C(=O)N(C)C4)C1. The van der Waals surface area contributed by atoms with Crippen LogP contribution in [-0.2, 0) is 51.6 Å². The van der Waals surface area contributed by atoms with Crippen LogP contribution in [0.2, 0.25) is 0 Å². The number of amides is 3. The molecule has 0 aromatic carbocycles. The van der Waals surface area contributed by atoms with Gasteiger partial charge in [-0.25, -0.2) is 9.78 Å². The molecular formula is C38H52N8O6S2. The van der Waals surface area contributed by atoms with Crippen molar-refractivity contribution in [3.63, 3.8) is 0 Å². The van der Waals surface area contributed by atoms with Crippen LogP contribution < -0.4 is 16.6 Å². The number of nitrogens with two attached hydrogens (primary N) is 1. The van der Waals surface area contributed by atoms with Gasteiger partial charge in [-0.3, -0.25) is 23.7 Å². The Morgan fingerprint density at radius 2 is 1.46 bits per heavy atom. The number of nitrogens with zero attached hydrogens (tertiary/aromatic N) is 6. The summed E-state index contributed by atoms with van der Waals surface area (Å²) in [6.45, 7) is 6.57. The molecule has 0 bridgehead atoms. The molecule has 7 heterocycles. The van der Waals surface area contributed by atoms with Gasteiger partial charge in [0.25, 0.3) is 5.56 Å². The topological polar surface area (TPSA) is 163 Å². The summed E-state index contributed by atoms with van der Waals surface area (Å²) in [4.78, 5) is 76.9. The molecule has 4 atom stereocenters. The fourth-order valence-corrected chi connectivity index (χ4v) is 11.5. The van der Waals surface area contributed by atoms with Gasteiger partial charge in [-0.1, -0.05) is 12.8 Å². The van der Waals surface area contributed by atoms with Crippen LogP contribution in [0.5, 0.6) is 0 Å². The molecule has 0 radical (unpaired) electrons. The number of carbonyl (C=O) groups is 4. The van der Waals surface area contributed by atoms with Gasteiger partial charge < -0.3 is 35.4 Å². The lowest BCUT2D eigenvalue weighted by Crippen LogP contribution is -2.37. The maximum Gasteiger partial charge on any atom is 0.341 e. The lowest BCUT2D eigenvalue weighted by Gasteiger charge is -2.22. The highest BCUT2D eigenvalue weighted by Crippen LogP contribution is 2.40. The first kappa shape index (κ1) is 38.4. The molecule has 3 aromatic heterocycles. The van der Waals surface area contributed by atoms with Crippen molar-refractivity contribution in [2.24, 2.45) is 11.8 Å². The van der Waals surface area contributed by atoms with Gasteiger partial charge in [0.2, 0.25) is 17.7 Å². The summed E-state index contributed by atoms with van der Waals surface area (Å²) in [5, 5.41) is 4.32. The highest BCUT2D eigenvalue weighted by Gasteiger charge is 2.41. The number of nitrogen functional groups attached to an aromatic ring is 1. The molecule has 3 fully saturated rings. The minimum atomic E-state index is -0.276. The Bertz CT molecular complexity index is 2020. The highest BCUT2D eigenvalue weighted by atomic mass is 32.1. The van der Waals surface area contributed by atoms with Gasteiger partial charge in [0.15, 0.2) is 0 Å². The van der Waals surface area contributed by atoms with Crippen LogP contribution >= 0.6 is 22.7 Å². The van der Waals surface area contributed by atoms with Gasteiger partial charge in [-0.2, -0.15) is 0 Å². The molecule has 292 valence electrons. The molecule has 9 rings (SSSR count). The van der Waals surface area contributed by atoms with Crippen LogP contribution in [0.1, 0.15) is 88.6 Å². The lowest BCUT2D eigenvalue weighted by molar-refractivity contribution is -0.135. The number of thiophene rings is 2. The summed E-state index contributed by atoms with van der Waals surface area (Å²) in [5.41, 5.74) is 8.88. The molecule has 2 aliphatic carbocycles. The quantitative estimate of drug-likeness (QED) is 0.370. The molecule has 54 heavy (non-hydrogen) atoms. The summed E-state index contributed by atoms with van der Waals surface area (Å²) >= 11 is 3.17. The minimum absolute atomic E-state index is 0.0151. The van der Waals surface area contributed by atoms with Crippen molar-refractivity contribution in [2.75, 3.05) is 60.2 Å². The molecule has 3 amide bonds. The van der Waals surface area contributed by atoms with Crippen LogP contribution in [0.25, 0.3) is 10.2 Å². The normalized spacial score (nSPS) is 25.2. The lowest BCUT2D eigenvalue weighted by atomic mass is 10.0. The van der Waals surface area contributed by atoms with E-state index in [0.29, 0.717) is 23.7 Å². The van der Waals surface area contributed by atoms with E-state index < -0.39 is 0 Å². The molecule has 2 saturated carbocycles. The molecule has 0 unspecified atom stereocenters. The first-order valence-electron chi connectivity index (χ1n) is 19.1. The molecule has 14 nitrogen and oxygen atoms in total. The number of aromatic nitrogens is 2. The molecule has 4 aliphatic heterocycles. The van der Waals surface area contributed by atoms with Gasteiger partial charge in [0.05, 0.1) is 48.5 Å². The van der Waals surface area contributed by atoms with Crippen LogP contribution in [-0.4, -0.2) is 113 Å². The van der Waals surface area contributed by atoms with E-state index in [1.807, 2.05) is 11.6 Å². The van der Waals surface area contributed by atoms with Crippen molar-refractivity contribution in [3.8, 4) is 0 Å². The van der Waals surface area contributed by atoms with Gasteiger partial charge >= 0.3 is 5.97 Å². The van der Waals surface area contributed by atoms with E-state index in [4.69, 9.17) is 15.5 Å². The van der Waals surface area contributed by atoms with E-state index in [9.17, 15) is 24.0 Å². The predicted molar refractivity (Wildman–Crippen MR) is 208 cm³/mol. The second-order valence-electron chi connectivity index (χ2n) is 15.5. The zero-order valence-corrected chi connectivity index (χ0v) is 33.6. The summed E-state index contributed by atoms with van der Waals surface area (Å²) in [6, 6.07) is 0.0867. The summed E-state index contributed by atoms with van der Waals surface area (Å²) in [6.07, 6.45) is 7.51. The van der Waals surface area contributed by atoms with Crippen LogP contribution in [0.15, 0.2) is 4.79 Å². The smallest absolute Gasteiger partial charge is 0.341 e. The Labute approximate surface area is 323 Å². The van der Waals surface area contributed by atoms with Crippen molar-refractivity contribution < 1.29 is 23.9 Å². The van der Waals surface area contributed by atoms with Crippen molar-refractivity contribution >= 4 is 61.6 Å². The van der Waals surface area contributed by atoms with E-state index in [0.717, 1.165) is 99.2 Å². The van der Waals surface area contributed by atoms with Crippen molar-refractivity contribution in [1.29, 1.82) is 0 Å². The Balaban J connectivity index is 0.000000134. The van der Waals surface area contributed by atoms with Crippen LogP contribution in [0.3, 0.4) is 0 Å². The summed E-state index contributed by atoms with van der Waals surface area (Å²) in [7, 11) is 7.72. The molecule has 0 spiro atoms. The maximum absolute atomic E-state index is 13.5. The number of carbonyl (C=O) groups excluding carboxylic acids is 4. The zero-order chi connectivity index (χ0) is 38.4. The number of hydrogen-bond acceptors (Lipinski definition) is 12. The zero-order valence-electron chi connectivity index (χ0n) is 31.9. The van der Waals surface area contributed by atoms with Crippen molar-refractivity contribution in [2.45, 2.75) is 90.0 Å². The van der Waals surface area contributed by atoms with E-state index in [2.05, 4.69) is 29.2 Å². The van der Waals surface area contributed by atoms with Gasteiger partial charge in [-0.15, -0.1) is 22.7 Å². The number of anilines is 1. The molecule has 16 heteroatoms. The fraction of sp³-hybridized carbons (Fsp3) is 0.632. The average molecular weight is 781 g/mol. The molecular weight excluding hydrogens is 729 g/mol. The second kappa shape index (κ2) is 15.7. The Hall–Kier alpha value is -3.86. The highest BCUT2D eigenvalue weighted by molar-refractivity contribution is 7.18. The Kier molecular flexibility index (Phi) is 11.2. The van der Waals surface area contributed by atoms with Crippen molar-refractivity contribution in [1.82, 2.24) is 34.5 Å². The fourth-order valence-electron chi connectivity index (χ4n) is 9.03. The monoisotopic (exact) mass is 780 g/mol.